The molecule has 1 aromatic heterocycles. The highest BCUT2D eigenvalue weighted by molar-refractivity contribution is 5.92. The van der Waals surface area contributed by atoms with Crippen LogP contribution in [0.3, 0.4) is 0 Å². The average Bonchev–Trinajstić information content (AvgIpc) is 2.70. The van der Waals surface area contributed by atoms with E-state index in [4.69, 9.17) is 0 Å². The van der Waals surface area contributed by atoms with E-state index in [1.807, 2.05) is 11.8 Å². The lowest BCUT2D eigenvalue weighted by atomic mass is 9.99. The zero-order valence-electron chi connectivity index (χ0n) is 18.3. The number of hydrogen-bond acceptors (Lipinski definition) is 5. The number of hydrogen-bond donors (Lipinski definition) is 1. The lowest BCUT2D eigenvalue weighted by Gasteiger charge is -2.30. The average molecular weight is 396 g/mol. The number of amides is 1. The van der Waals surface area contributed by atoms with E-state index in [0.717, 1.165) is 56.0 Å². The molecule has 0 radical (unpaired) electrons. The molecule has 2 heterocycles. The van der Waals surface area contributed by atoms with Gasteiger partial charge in [0.15, 0.2) is 0 Å². The van der Waals surface area contributed by atoms with Gasteiger partial charge in [-0.25, -0.2) is 9.97 Å². The summed E-state index contributed by atoms with van der Waals surface area (Å²) in [6.45, 7) is 14.1. The van der Waals surface area contributed by atoms with Crippen molar-refractivity contribution in [1.29, 1.82) is 0 Å². The standard InChI is InChI=1S/C23H33N5O/c1-6-27(7-2)19-8-9-20(17(4)14-19)25-23-24-18(5)15-21(26-23)22(29)28-12-10-16(3)11-13-28/h8-9,14-16H,6-7,10-13H2,1-5H3,(H,24,25,26). The Hall–Kier alpha value is -2.63. The molecule has 1 aliphatic heterocycles. The molecule has 0 unspecified atom stereocenters. The lowest BCUT2D eigenvalue weighted by molar-refractivity contribution is 0.0691. The summed E-state index contributed by atoms with van der Waals surface area (Å²) in [7, 11) is 0. The lowest BCUT2D eigenvalue weighted by Crippen LogP contribution is -2.38. The fraction of sp³-hybridized carbons (Fsp3) is 0.522. The molecular formula is C23H33N5O. The van der Waals surface area contributed by atoms with Gasteiger partial charge in [0.25, 0.3) is 5.91 Å². The first kappa shape index (κ1) is 21.1. The van der Waals surface area contributed by atoms with Crippen LogP contribution >= 0.6 is 0 Å². The molecule has 0 aliphatic carbocycles. The van der Waals surface area contributed by atoms with Crippen LogP contribution in [-0.2, 0) is 0 Å². The van der Waals surface area contributed by atoms with E-state index in [2.05, 4.69) is 66.1 Å². The topological polar surface area (TPSA) is 61.4 Å². The number of carbonyl (C=O) groups excluding carboxylic acids is 1. The number of nitrogens with one attached hydrogen (secondary N) is 1. The third kappa shape index (κ3) is 5.05. The second-order valence-corrected chi connectivity index (χ2v) is 7.99. The Kier molecular flexibility index (Phi) is 6.72. The number of aromatic nitrogens is 2. The molecule has 1 aliphatic rings. The molecule has 0 bridgehead atoms. The van der Waals surface area contributed by atoms with Crippen LogP contribution in [0, 0.1) is 19.8 Å². The Morgan fingerprint density at radius 3 is 2.45 bits per heavy atom. The molecule has 0 atom stereocenters. The molecule has 6 heteroatoms. The summed E-state index contributed by atoms with van der Waals surface area (Å²) >= 11 is 0. The number of piperidine rings is 1. The Balaban J connectivity index is 1.79. The Morgan fingerprint density at radius 1 is 1.14 bits per heavy atom. The minimum atomic E-state index is -0.000877. The Morgan fingerprint density at radius 2 is 1.83 bits per heavy atom. The van der Waals surface area contributed by atoms with Crippen molar-refractivity contribution < 1.29 is 4.79 Å². The summed E-state index contributed by atoms with van der Waals surface area (Å²) in [5.41, 5.74) is 4.54. The van der Waals surface area contributed by atoms with Crippen LogP contribution in [0.1, 0.15) is 55.4 Å². The first-order valence-electron chi connectivity index (χ1n) is 10.7. The quantitative estimate of drug-likeness (QED) is 0.777. The summed E-state index contributed by atoms with van der Waals surface area (Å²) in [6.07, 6.45) is 2.11. The molecule has 29 heavy (non-hydrogen) atoms. The number of carbonyl (C=O) groups is 1. The SMILES string of the molecule is CCN(CC)c1ccc(Nc2nc(C)cc(C(=O)N3CCC(C)CC3)n2)c(C)c1. The number of likely N-dealkylation sites (tertiary alicyclic amines) is 1. The van der Waals surface area contributed by atoms with Gasteiger partial charge in [-0.05, 0) is 76.3 Å². The van der Waals surface area contributed by atoms with Gasteiger partial charge in [0.1, 0.15) is 5.69 Å². The molecule has 1 aromatic carbocycles. The molecule has 1 amide bonds. The number of benzene rings is 1. The van der Waals surface area contributed by atoms with Crippen molar-refractivity contribution >= 4 is 23.2 Å². The highest BCUT2D eigenvalue weighted by Crippen LogP contribution is 2.25. The Labute approximate surface area is 174 Å². The predicted molar refractivity (Wildman–Crippen MR) is 119 cm³/mol. The second kappa shape index (κ2) is 9.25. The van der Waals surface area contributed by atoms with Crippen LogP contribution in [0.4, 0.5) is 17.3 Å². The van der Waals surface area contributed by atoms with Gasteiger partial charge in [-0.3, -0.25) is 4.79 Å². The van der Waals surface area contributed by atoms with Gasteiger partial charge in [-0.1, -0.05) is 6.92 Å². The Bertz CT molecular complexity index is 854. The number of rotatable bonds is 6. The molecule has 2 aromatic rings. The smallest absolute Gasteiger partial charge is 0.272 e. The maximum Gasteiger partial charge on any atom is 0.272 e. The van der Waals surface area contributed by atoms with Crippen LogP contribution < -0.4 is 10.2 Å². The fourth-order valence-corrected chi connectivity index (χ4v) is 3.80. The predicted octanol–water partition coefficient (Wildman–Crippen LogP) is 4.56. The monoisotopic (exact) mass is 395 g/mol. The molecule has 1 saturated heterocycles. The maximum atomic E-state index is 12.9. The fourth-order valence-electron chi connectivity index (χ4n) is 3.80. The molecule has 156 valence electrons. The minimum absolute atomic E-state index is 0.000877. The molecule has 3 rings (SSSR count). The van der Waals surface area contributed by atoms with Gasteiger partial charge in [-0.2, -0.15) is 0 Å². The molecule has 0 saturated carbocycles. The van der Waals surface area contributed by atoms with E-state index in [1.165, 1.54) is 5.69 Å². The first-order valence-corrected chi connectivity index (χ1v) is 10.7. The van der Waals surface area contributed by atoms with Gasteiger partial charge in [-0.15, -0.1) is 0 Å². The van der Waals surface area contributed by atoms with Crippen LogP contribution in [-0.4, -0.2) is 47.0 Å². The van der Waals surface area contributed by atoms with Crippen molar-refractivity contribution in [3.63, 3.8) is 0 Å². The van der Waals surface area contributed by atoms with E-state index in [9.17, 15) is 4.79 Å². The molecular weight excluding hydrogens is 362 g/mol. The first-order chi connectivity index (χ1) is 13.9. The van der Waals surface area contributed by atoms with Gasteiger partial charge in [0.2, 0.25) is 5.95 Å². The summed E-state index contributed by atoms with van der Waals surface area (Å²) in [5.74, 6) is 1.15. The third-order valence-electron chi connectivity index (χ3n) is 5.73. The number of anilines is 3. The highest BCUT2D eigenvalue weighted by atomic mass is 16.2. The van der Waals surface area contributed by atoms with Crippen molar-refractivity contribution in [1.82, 2.24) is 14.9 Å². The van der Waals surface area contributed by atoms with E-state index >= 15 is 0 Å². The van der Waals surface area contributed by atoms with E-state index in [0.29, 0.717) is 17.6 Å². The second-order valence-electron chi connectivity index (χ2n) is 7.99. The summed E-state index contributed by atoms with van der Waals surface area (Å²) in [5, 5.41) is 3.31. The number of nitrogens with zero attached hydrogens (tertiary/aromatic N) is 4. The minimum Gasteiger partial charge on any atom is -0.372 e. The van der Waals surface area contributed by atoms with Gasteiger partial charge >= 0.3 is 0 Å². The highest BCUT2D eigenvalue weighted by Gasteiger charge is 2.23. The normalized spacial score (nSPS) is 14.7. The van der Waals surface area contributed by atoms with E-state index < -0.39 is 0 Å². The van der Waals surface area contributed by atoms with Crippen LogP contribution in [0.15, 0.2) is 24.3 Å². The summed E-state index contributed by atoms with van der Waals surface area (Å²) in [4.78, 5) is 26.2. The van der Waals surface area contributed by atoms with Crippen molar-refractivity contribution in [3.8, 4) is 0 Å². The summed E-state index contributed by atoms with van der Waals surface area (Å²) in [6, 6.07) is 8.12. The maximum absolute atomic E-state index is 12.9. The molecule has 1 fully saturated rings. The van der Waals surface area contributed by atoms with Crippen LogP contribution in [0.5, 0.6) is 0 Å². The van der Waals surface area contributed by atoms with Gasteiger partial charge < -0.3 is 15.1 Å². The van der Waals surface area contributed by atoms with E-state index in [-0.39, 0.29) is 5.91 Å². The van der Waals surface area contributed by atoms with Crippen molar-refractivity contribution in [2.75, 3.05) is 36.4 Å². The van der Waals surface area contributed by atoms with Crippen LogP contribution in [0.25, 0.3) is 0 Å². The summed E-state index contributed by atoms with van der Waals surface area (Å²) < 4.78 is 0. The molecule has 1 N–H and O–H groups in total. The van der Waals surface area contributed by atoms with Crippen molar-refractivity contribution in [2.45, 2.75) is 47.5 Å². The van der Waals surface area contributed by atoms with Gasteiger partial charge in [0, 0.05) is 43.2 Å². The third-order valence-corrected chi connectivity index (χ3v) is 5.73. The molecule has 0 spiro atoms. The van der Waals surface area contributed by atoms with Crippen LogP contribution in [0.2, 0.25) is 0 Å². The zero-order valence-corrected chi connectivity index (χ0v) is 18.3. The van der Waals surface area contributed by atoms with Crippen molar-refractivity contribution in [3.05, 3.63) is 41.2 Å². The molecule has 6 nitrogen and oxygen atoms in total. The van der Waals surface area contributed by atoms with Gasteiger partial charge in [0.05, 0.1) is 0 Å². The zero-order chi connectivity index (χ0) is 21.0. The van der Waals surface area contributed by atoms with E-state index in [1.54, 1.807) is 6.07 Å². The number of aryl methyl sites for hydroxylation is 2. The van der Waals surface area contributed by atoms with Crippen molar-refractivity contribution in [2.24, 2.45) is 5.92 Å². The largest absolute Gasteiger partial charge is 0.372 e.